The van der Waals surface area contributed by atoms with Gasteiger partial charge in [-0.25, -0.2) is 4.98 Å². The Morgan fingerprint density at radius 1 is 1.50 bits per heavy atom. The predicted octanol–water partition coefficient (Wildman–Crippen LogP) is 2.04. The SMILES string of the molecule is Cc1cccc(C(=O)N(C)Cc2ncn[nH]2)c1Cl. The summed E-state index contributed by atoms with van der Waals surface area (Å²) >= 11 is 6.13. The van der Waals surface area contributed by atoms with E-state index < -0.39 is 0 Å². The highest BCUT2D eigenvalue weighted by Crippen LogP contribution is 2.21. The molecule has 6 heteroatoms. The summed E-state index contributed by atoms with van der Waals surface area (Å²) < 4.78 is 0. The van der Waals surface area contributed by atoms with E-state index in [-0.39, 0.29) is 5.91 Å². The van der Waals surface area contributed by atoms with E-state index in [0.717, 1.165) is 5.56 Å². The fraction of sp³-hybridized carbons (Fsp3) is 0.250. The van der Waals surface area contributed by atoms with Crippen molar-refractivity contribution >= 4 is 17.5 Å². The Balaban J connectivity index is 2.18. The Morgan fingerprint density at radius 2 is 2.28 bits per heavy atom. The molecule has 0 aliphatic rings. The maximum Gasteiger partial charge on any atom is 0.255 e. The molecule has 0 spiro atoms. The first-order valence-corrected chi connectivity index (χ1v) is 5.82. The van der Waals surface area contributed by atoms with E-state index in [1.54, 1.807) is 18.0 Å². The Morgan fingerprint density at radius 3 is 2.94 bits per heavy atom. The number of aryl methyl sites for hydroxylation is 1. The first-order valence-electron chi connectivity index (χ1n) is 5.44. The quantitative estimate of drug-likeness (QED) is 0.923. The van der Waals surface area contributed by atoms with Gasteiger partial charge >= 0.3 is 0 Å². The van der Waals surface area contributed by atoms with Crippen LogP contribution in [0.5, 0.6) is 0 Å². The summed E-state index contributed by atoms with van der Waals surface area (Å²) in [5.41, 5.74) is 1.38. The van der Waals surface area contributed by atoms with Gasteiger partial charge < -0.3 is 4.90 Å². The standard InChI is InChI=1S/C12H13ClN4O/c1-8-4-3-5-9(11(8)13)12(18)17(2)6-10-14-7-15-16-10/h3-5,7H,6H2,1-2H3,(H,14,15,16). The molecule has 1 aromatic carbocycles. The van der Waals surface area contributed by atoms with Crippen LogP contribution >= 0.6 is 11.6 Å². The van der Waals surface area contributed by atoms with Crippen LogP contribution in [0.1, 0.15) is 21.7 Å². The minimum Gasteiger partial charge on any atom is -0.334 e. The van der Waals surface area contributed by atoms with E-state index in [2.05, 4.69) is 15.2 Å². The number of nitrogens with one attached hydrogen (secondary N) is 1. The summed E-state index contributed by atoms with van der Waals surface area (Å²) in [6.45, 7) is 2.23. The highest BCUT2D eigenvalue weighted by atomic mass is 35.5. The molecule has 1 heterocycles. The van der Waals surface area contributed by atoms with Gasteiger partial charge in [0.15, 0.2) is 0 Å². The second kappa shape index (κ2) is 5.18. The minimum absolute atomic E-state index is 0.139. The zero-order valence-electron chi connectivity index (χ0n) is 10.1. The number of hydrogen-bond donors (Lipinski definition) is 1. The molecule has 1 aromatic heterocycles. The average molecular weight is 265 g/mol. The number of benzene rings is 1. The van der Waals surface area contributed by atoms with Crippen molar-refractivity contribution < 1.29 is 4.79 Å². The molecule has 0 atom stereocenters. The predicted molar refractivity (Wildman–Crippen MR) is 68.4 cm³/mol. The van der Waals surface area contributed by atoms with Crippen molar-refractivity contribution in [3.05, 3.63) is 46.5 Å². The van der Waals surface area contributed by atoms with E-state index in [0.29, 0.717) is 23.0 Å². The molecule has 2 rings (SSSR count). The van der Waals surface area contributed by atoms with Gasteiger partial charge in [0.1, 0.15) is 12.2 Å². The van der Waals surface area contributed by atoms with Crippen LogP contribution < -0.4 is 0 Å². The molecule has 0 radical (unpaired) electrons. The highest BCUT2D eigenvalue weighted by Gasteiger charge is 2.16. The molecule has 0 aliphatic heterocycles. The molecule has 0 bridgehead atoms. The summed E-state index contributed by atoms with van der Waals surface area (Å²) in [6, 6.07) is 5.40. The molecule has 0 saturated carbocycles. The number of rotatable bonds is 3. The lowest BCUT2D eigenvalue weighted by Crippen LogP contribution is -2.27. The third kappa shape index (κ3) is 2.51. The number of carbonyl (C=O) groups is 1. The van der Waals surface area contributed by atoms with Crippen LogP contribution in [0.4, 0.5) is 0 Å². The molecule has 94 valence electrons. The van der Waals surface area contributed by atoms with Crippen LogP contribution in [0.15, 0.2) is 24.5 Å². The Labute approximate surface area is 110 Å². The fourth-order valence-corrected chi connectivity index (χ4v) is 1.83. The molecule has 0 saturated heterocycles. The molecule has 0 aliphatic carbocycles. The lowest BCUT2D eigenvalue weighted by atomic mass is 10.1. The van der Waals surface area contributed by atoms with Crippen molar-refractivity contribution in [3.63, 3.8) is 0 Å². The number of amides is 1. The minimum atomic E-state index is -0.139. The van der Waals surface area contributed by atoms with Crippen molar-refractivity contribution in [2.75, 3.05) is 7.05 Å². The van der Waals surface area contributed by atoms with Crippen molar-refractivity contribution in [2.45, 2.75) is 13.5 Å². The largest absolute Gasteiger partial charge is 0.334 e. The van der Waals surface area contributed by atoms with Gasteiger partial charge in [-0.1, -0.05) is 23.7 Å². The van der Waals surface area contributed by atoms with Crippen molar-refractivity contribution in [1.29, 1.82) is 0 Å². The van der Waals surface area contributed by atoms with Crippen LogP contribution in [-0.2, 0) is 6.54 Å². The number of H-pyrrole nitrogens is 1. The number of hydrogen-bond acceptors (Lipinski definition) is 3. The topological polar surface area (TPSA) is 61.9 Å². The number of halogens is 1. The van der Waals surface area contributed by atoms with E-state index >= 15 is 0 Å². The van der Waals surface area contributed by atoms with Crippen LogP contribution in [0.25, 0.3) is 0 Å². The first-order chi connectivity index (χ1) is 8.59. The van der Waals surface area contributed by atoms with E-state index in [4.69, 9.17) is 11.6 Å². The van der Waals surface area contributed by atoms with Gasteiger partial charge in [-0.2, -0.15) is 5.10 Å². The molecule has 2 aromatic rings. The summed E-state index contributed by atoms with van der Waals surface area (Å²) in [5, 5.41) is 6.94. The monoisotopic (exact) mass is 264 g/mol. The van der Waals surface area contributed by atoms with Gasteiger partial charge in [-0.05, 0) is 18.6 Å². The Bertz CT molecular complexity index is 553. The lowest BCUT2D eigenvalue weighted by molar-refractivity contribution is 0.0782. The Hall–Kier alpha value is -1.88. The number of nitrogens with zero attached hydrogens (tertiary/aromatic N) is 3. The Kier molecular flexibility index (Phi) is 3.62. The summed E-state index contributed by atoms with van der Waals surface area (Å²) in [5.74, 6) is 0.495. The van der Waals surface area contributed by atoms with Gasteiger partial charge in [0.05, 0.1) is 17.1 Å². The molecular formula is C12H13ClN4O. The van der Waals surface area contributed by atoms with Crippen LogP contribution in [0.3, 0.4) is 0 Å². The van der Waals surface area contributed by atoms with Crippen LogP contribution in [-0.4, -0.2) is 33.0 Å². The van der Waals surface area contributed by atoms with Gasteiger partial charge in [0.25, 0.3) is 5.91 Å². The number of aromatic nitrogens is 3. The second-order valence-electron chi connectivity index (χ2n) is 4.03. The van der Waals surface area contributed by atoms with Crippen LogP contribution in [0.2, 0.25) is 5.02 Å². The molecule has 0 unspecified atom stereocenters. The zero-order chi connectivity index (χ0) is 13.1. The maximum atomic E-state index is 12.2. The van der Waals surface area contributed by atoms with E-state index in [1.165, 1.54) is 6.33 Å². The molecular weight excluding hydrogens is 252 g/mol. The average Bonchev–Trinajstić information content (AvgIpc) is 2.84. The van der Waals surface area contributed by atoms with Gasteiger partial charge in [-0.3, -0.25) is 9.89 Å². The number of carbonyl (C=O) groups excluding carboxylic acids is 1. The lowest BCUT2D eigenvalue weighted by Gasteiger charge is -2.16. The molecule has 0 fully saturated rings. The molecule has 1 N–H and O–H groups in total. The van der Waals surface area contributed by atoms with Gasteiger partial charge in [0, 0.05) is 7.05 Å². The number of aromatic amines is 1. The van der Waals surface area contributed by atoms with Crippen molar-refractivity contribution in [3.8, 4) is 0 Å². The summed E-state index contributed by atoms with van der Waals surface area (Å²) in [4.78, 5) is 17.7. The summed E-state index contributed by atoms with van der Waals surface area (Å²) in [7, 11) is 1.70. The highest BCUT2D eigenvalue weighted by molar-refractivity contribution is 6.34. The summed E-state index contributed by atoms with van der Waals surface area (Å²) in [6.07, 6.45) is 1.41. The first kappa shape index (κ1) is 12.6. The zero-order valence-corrected chi connectivity index (χ0v) is 10.9. The third-order valence-corrected chi connectivity index (χ3v) is 3.12. The van der Waals surface area contributed by atoms with Gasteiger partial charge in [0.2, 0.25) is 0 Å². The molecule has 1 amide bonds. The maximum absolute atomic E-state index is 12.2. The molecule has 5 nitrogen and oxygen atoms in total. The normalized spacial score (nSPS) is 10.4. The molecule has 18 heavy (non-hydrogen) atoms. The second-order valence-corrected chi connectivity index (χ2v) is 4.41. The van der Waals surface area contributed by atoms with E-state index in [1.807, 2.05) is 19.1 Å². The van der Waals surface area contributed by atoms with Gasteiger partial charge in [-0.15, -0.1) is 0 Å². The fourth-order valence-electron chi connectivity index (χ4n) is 1.62. The van der Waals surface area contributed by atoms with Crippen molar-refractivity contribution in [2.24, 2.45) is 0 Å². The third-order valence-electron chi connectivity index (χ3n) is 2.62. The van der Waals surface area contributed by atoms with Crippen molar-refractivity contribution in [1.82, 2.24) is 20.1 Å². The van der Waals surface area contributed by atoms with E-state index in [9.17, 15) is 4.79 Å². The van der Waals surface area contributed by atoms with Crippen LogP contribution in [0, 0.1) is 6.92 Å². The smallest absolute Gasteiger partial charge is 0.255 e.